The third kappa shape index (κ3) is 5.11. The van der Waals surface area contributed by atoms with Crippen molar-refractivity contribution in [1.29, 1.82) is 0 Å². The Labute approximate surface area is 142 Å². The zero-order chi connectivity index (χ0) is 17.4. The van der Waals surface area contributed by atoms with Crippen molar-refractivity contribution < 1.29 is 14.3 Å². The van der Waals surface area contributed by atoms with E-state index in [4.69, 9.17) is 4.74 Å². The Bertz CT molecular complexity index is 547. The molecule has 0 unspecified atom stereocenters. The molecular weight excluding hydrogens is 308 g/mol. The lowest BCUT2D eigenvalue weighted by Gasteiger charge is -2.33. The first-order chi connectivity index (χ1) is 11.6. The summed E-state index contributed by atoms with van der Waals surface area (Å²) in [6, 6.07) is 3.69. The molecule has 0 aliphatic carbocycles. The molecule has 0 bridgehead atoms. The highest BCUT2D eigenvalue weighted by Crippen LogP contribution is 2.18. The number of aromatic nitrogens is 1. The third-order valence-electron chi connectivity index (χ3n) is 3.89. The van der Waals surface area contributed by atoms with Crippen LogP contribution in [0.3, 0.4) is 0 Å². The number of nitrogens with zero attached hydrogens (tertiary/aromatic N) is 2. The molecule has 7 heteroatoms. The summed E-state index contributed by atoms with van der Waals surface area (Å²) in [5, 5.41) is 5.71. The number of hydrogen-bond donors (Lipinski definition) is 2. The summed E-state index contributed by atoms with van der Waals surface area (Å²) in [6.07, 6.45) is 4.02. The Hall–Kier alpha value is -2.31. The van der Waals surface area contributed by atoms with E-state index in [1.165, 1.54) is 0 Å². The van der Waals surface area contributed by atoms with Gasteiger partial charge >= 0.3 is 6.09 Å². The molecule has 1 aromatic heterocycles. The second-order valence-electron chi connectivity index (χ2n) is 5.81. The lowest BCUT2D eigenvalue weighted by Crippen LogP contribution is -2.48. The van der Waals surface area contributed by atoms with Crippen LogP contribution in [0.2, 0.25) is 0 Å². The zero-order valence-electron chi connectivity index (χ0n) is 14.4. The molecule has 0 spiro atoms. The van der Waals surface area contributed by atoms with Crippen LogP contribution in [-0.2, 0) is 4.74 Å². The number of rotatable bonds is 6. The predicted octanol–water partition coefficient (Wildman–Crippen LogP) is 1.94. The summed E-state index contributed by atoms with van der Waals surface area (Å²) < 4.78 is 4.93. The second-order valence-corrected chi connectivity index (χ2v) is 5.81. The minimum Gasteiger partial charge on any atom is -0.450 e. The Kier molecular flexibility index (Phi) is 6.84. The quantitative estimate of drug-likeness (QED) is 0.830. The van der Waals surface area contributed by atoms with Gasteiger partial charge in [0.15, 0.2) is 0 Å². The van der Waals surface area contributed by atoms with Gasteiger partial charge in [-0.05, 0) is 38.3 Å². The highest BCUT2D eigenvalue weighted by atomic mass is 16.5. The fourth-order valence-corrected chi connectivity index (χ4v) is 2.69. The predicted molar refractivity (Wildman–Crippen MR) is 92.3 cm³/mol. The van der Waals surface area contributed by atoms with Gasteiger partial charge < -0.3 is 20.3 Å². The Morgan fingerprint density at radius 3 is 2.88 bits per heavy atom. The zero-order valence-corrected chi connectivity index (χ0v) is 14.4. The van der Waals surface area contributed by atoms with Crippen LogP contribution < -0.4 is 15.5 Å². The van der Waals surface area contributed by atoms with Crippen LogP contribution in [0.4, 0.5) is 10.6 Å². The summed E-state index contributed by atoms with van der Waals surface area (Å²) in [6.45, 7) is 6.40. The SMILES string of the molecule is CCCNC(=O)c1ccc(N2CCC[C@H](NC(=O)OCC)C2)nc1. The van der Waals surface area contributed by atoms with Gasteiger partial charge in [-0.2, -0.15) is 0 Å². The van der Waals surface area contributed by atoms with Crippen molar-refractivity contribution in [3.05, 3.63) is 23.9 Å². The Balaban J connectivity index is 1.93. The number of carbonyl (C=O) groups excluding carboxylic acids is 2. The first kappa shape index (κ1) is 18.0. The first-order valence-electron chi connectivity index (χ1n) is 8.56. The molecule has 7 nitrogen and oxygen atoms in total. The minimum atomic E-state index is -0.375. The van der Waals surface area contributed by atoms with Crippen LogP contribution in [0.5, 0.6) is 0 Å². The van der Waals surface area contributed by atoms with Crippen LogP contribution in [0.1, 0.15) is 43.5 Å². The lowest BCUT2D eigenvalue weighted by molar-refractivity contribution is 0.0953. The summed E-state index contributed by atoms with van der Waals surface area (Å²) in [5.41, 5.74) is 0.561. The van der Waals surface area contributed by atoms with E-state index in [2.05, 4.69) is 20.5 Å². The van der Waals surface area contributed by atoms with Crippen molar-refractivity contribution in [1.82, 2.24) is 15.6 Å². The summed E-state index contributed by atoms with van der Waals surface area (Å²) in [5.74, 6) is 0.716. The first-order valence-corrected chi connectivity index (χ1v) is 8.56. The Morgan fingerprint density at radius 1 is 1.38 bits per heavy atom. The molecule has 0 saturated carbocycles. The number of pyridine rings is 1. The number of carbonyl (C=O) groups is 2. The normalized spacial score (nSPS) is 17.2. The number of hydrogen-bond acceptors (Lipinski definition) is 5. The number of amides is 2. The van der Waals surface area contributed by atoms with E-state index >= 15 is 0 Å². The van der Waals surface area contributed by atoms with Gasteiger partial charge in [0, 0.05) is 31.9 Å². The molecule has 2 amide bonds. The van der Waals surface area contributed by atoms with Gasteiger partial charge in [-0.15, -0.1) is 0 Å². The topological polar surface area (TPSA) is 83.6 Å². The van der Waals surface area contributed by atoms with Crippen molar-refractivity contribution in [2.24, 2.45) is 0 Å². The maximum Gasteiger partial charge on any atom is 0.407 e. The van der Waals surface area contributed by atoms with E-state index in [0.717, 1.165) is 31.6 Å². The number of ether oxygens (including phenoxy) is 1. The largest absolute Gasteiger partial charge is 0.450 e. The average molecular weight is 334 g/mol. The molecule has 2 heterocycles. The van der Waals surface area contributed by atoms with E-state index in [9.17, 15) is 9.59 Å². The van der Waals surface area contributed by atoms with Crippen LogP contribution in [-0.4, -0.2) is 49.3 Å². The van der Waals surface area contributed by atoms with E-state index in [0.29, 0.717) is 25.3 Å². The fourth-order valence-electron chi connectivity index (χ4n) is 2.69. The average Bonchev–Trinajstić information content (AvgIpc) is 2.60. The van der Waals surface area contributed by atoms with Crippen LogP contribution in [0.15, 0.2) is 18.3 Å². The standard InChI is InChI=1S/C17H26N4O3/c1-3-9-18-16(22)13-7-8-15(19-11-13)21-10-5-6-14(12-21)20-17(23)24-4-2/h7-8,11,14H,3-6,9-10,12H2,1-2H3,(H,18,22)(H,20,23)/t14-/m0/s1. The minimum absolute atomic E-state index is 0.0483. The molecular formula is C17H26N4O3. The molecule has 0 aromatic carbocycles. The van der Waals surface area contributed by atoms with E-state index < -0.39 is 0 Å². The molecule has 2 rings (SSSR count). The molecule has 1 aromatic rings. The van der Waals surface area contributed by atoms with E-state index in [1.807, 2.05) is 13.0 Å². The number of piperidine rings is 1. The van der Waals surface area contributed by atoms with Crippen molar-refractivity contribution in [2.75, 3.05) is 31.1 Å². The van der Waals surface area contributed by atoms with Gasteiger partial charge in [-0.3, -0.25) is 4.79 Å². The molecule has 132 valence electrons. The van der Waals surface area contributed by atoms with Crippen LogP contribution >= 0.6 is 0 Å². The number of alkyl carbamates (subject to hydrolysis) is 1. The molecule has 24 heavy (non-hydrogen) atoms. The van der Waals surface area contributed by atoms with Crippen molar-refractivity contribution >= 4 is 17.8 Å². The molecule has 1 aliphatic heterocycles. The van der Waals surface area contributed by atoms with Gasteiger partial charge in [-0.1, -0.05) is 6.92 Å². The molecule has 0 radical (unpaired) electrons. The monoisotopic (exact) mass is 334 g/mol. The summed E-state index contributed by atoms with van der Waals surface area (Å²) in [4.78, 5) is 30.0. The van der Waals surface area contributed by atoms with Crippen molar-refractivity contribution in [3.63, 3.8) is 0 Å². The van der Waals surface area contributed by atoms with Gasteiger partial charge in [0.05, 0.1) is 12.2 Å². The third-order valence-corrected chi connectivity index (χ3v) is 3.89. The second kappa shape index (κ2) is 9.10. The van der Waals surface area contributed by atoms with Crippen molar-refractivity contribution in [3.8, 4) is 0 Å². The van der Waals surface area contributed by atoms with Gasteiger partial charge in [-0.25, -0.2) is 9.78 Å². The summed E-state index contributed by atoms with van der Waals surface area (Å²) in [7, 11) is 0. The van der Waals surface area contributed by atoms with E-state index in [1.54, 1.807) is 19.2 Å². The maximum absolute atomic E-state index is 11.9. The number of anilines is 1. The van der Waals surface area contributed by atoms with Crippen LogP contribution in [0, 0.1) is 0 Å². The van der Waals surface area contributed by atoms with Crippen LogP contribution in [0.25, 0.3) is 0 Å². The van der Waals surface area contributed by atoms with E-state index in [-0.39, 0.29) is 18.0 Å². The molecule has 1 fully saturated rings. The maximum atomic E-state index is 11.9. The van der Waals surface area contributed by atoms with Gasteiger partial charge in [0.2, 0.25) is 0 Å². The van der Waals surface area contributed by atoms with Crippen molar-refractivity contribution in [2.45, 2.75) is 39.2 Å². The smallest absolute Gasteiger partial charge is 0.407 e. The lowest BCUT2D eigenvalue weighted by atomic mass is 10.1. The summed E-state index contributed by atoms with van der Waals surface area (Å²) >= 11 is 0. The Morgan fingerprint density at radius 2 is 2.21 bits per heavy atom. The molecule has 1 atom stereocenters. The fraction of sp³-hybridized carbons (Fsp3) is 0.588. The molecule has 2 N–H and O–H groups in total. The van der Waals surface area contributed by atoms with Gasteiger partial charge in [0.25, 0.3) is 5.91 Å². The molecule has 1 aliphatic rings. The van der Waals surface area contributed by atoms with Gasteiger partial charge in [0.1, 0.15) is 5.82 Å². The highest BCUT2D eigenvalue weighted by molar-refractivity contribution is 5.94. The number of nitrogens with one attached hydrogen (secondary N) is 2. The highest BCUT2D eigenvalue weighted by Gasteiger charge is 2.22. The molecule has 1 saturated heterocycles.